The minimum absolute atomic E-state index is 0.0343. The molecule has 6 nitrogen and oxygen atoms in total. The number of benzene rings is 2. The van der Waals surface area contributed by atoms with Crippen LogP contribution in [0, 0.1) is 22.7 Å². The first-order valence-electron chi connectivity index (χ1n) is 15.0. The van der Waals surface area contributed by atoms with Gasteiger partial charge in [0.2, 0.25) is 0 Å². The molecule has 0 spiro atoms. The molecule has 2 aliphatic rings. The first-order valence-corrected chi connectivity index (χ1v) is 16.9. The van der Waals surface area contributed by atoms with Crippen LogP contribution in [0.5, 0.6) is 0 Å². The Hall–Kier alpha value is -3.21. The van der Waals surface area contributed by atoms with Gasteiger partial charge in [-0.15, -0.1) is 0 Å². The van der Waals surface area contributed by atoms with Crippen molar-refractivity contribution < 1.29 is 18.8 Å². The largest absolute Gasteiger partial charge is 0.444 e. The van der Waals surface area contributed by atoms with Crippen LogP contribution in [0.4, 0.5) is 4.79 Å². The van der Waals surface area contributed by atoms with Gasteiger partial charge in [-0.05, 0) is 61.5 Å². The Morgan fingerprint density at radius 2 is 1.55 bits per heavy atom. The lowest BCUT2D eigenvalue weighted by molar-refractivity contribution is -0.127. The van der Waals surface area contributed by atoms with Gasteiger partial charge in [-0.1, -0.05) is 101 Å². The summed E-state index contributed by atoms with van der Waals surface area (Å²) in [4.78, 5) is 28.4. The van der Waals surface area contributed by atoms with Gasteiger partial charge in [-0.2, -0.15) is 5.26 Å². The third-order valence-electron chi connectivity index (χ3n) is 8.98. The summed E-state index contributed by atoms with van der Waals surface area (Å²) in [6.07, 6.45) is 4.09. The first kappa shape index (κ1) is 31.7. The van der Waals surface area contributed by atoms with E-state index in [4.69, 9.17) is 9.16 Å². The van der Waals surface area contributed by atoms with Gasteiger partial charge in [0.15, 0.2) is 5.78 Å². The molecule has 1 fully saturated rings. The Morgan fingerprint density at radius 1 is 1.00 bits per heavy atom. The fourth-order valence-corrected chi connectivity index (χ4v) is 11.5. The maximum atomic E-state index is 13.6. The monoisotopic (exact) mass is 586 g/mol. The average molecular weight is 587 g/mol. The third kappa shape index (κ3) is 5.84. The number of rotatable bonds is 6. The molecule has 1 aliphatic heterocycles. The van der Waals surface area contributed by atoms with Gasteiger partial charge in [-0.25, -0.2) is 4.79 Å². The van der Waals surface area contributed by atoms with Crippen LogP contribution in [0.1, 0.15) is 74.7 Å². The predicted octanol–water partition coefficient (Wildman–Crippen LogP) is 6.40. The summed E-state index contributed by atoms with van der Waals surface area (Å²) in [5.41, 5.74) is -2.45. The summed E-state index contributed by atoms with van der Waals surface area (Å²) < 4.78 is 13.2. The number of amides is 1. The molecule has 0 N–H and O–H groups in total. The maximum absolute atomic E-state index is 13.6. The molecule has 0 unspecified atom stereocenters. The zero-order valence-corrected chi connectivity index (χ0v) is 27.4. The van der Waals surface area contributed by atoms with Crippen LogP contribution >= 0.6 is 0 Å². The number of allylic oxidation sites excluding steroid dienone is 1. The number of ether oxygens (including phenoxy) is 1. The van der Waals surface area contributed by atoms with Crippen molar-refractivity contribution in [1.82, 2.24) is 4.90 Å². The van der Waals surface area contributed by atoms with Gasteiger partial charge in [-0.3, -0.25) is 9.69 Å². The molecule has 0 aromatic heterocycles. The van der Waals surface area contributed by atoms with Gasteiger partial charge in [0, 0.05) is 17.9 Å². The lowest BCUT2D eigenvalue weighted by atomic mass is 9.64. The second kappa shape index (κ2) is 11.5. The number of hydrogen-bond acceptors (Lipinski definition) is 5. The maximum Gasteiger partial charge on any atom is 0.411 e. The van der Waals surface area contributed by atoms with Gasteiger partial charge in [0.1, 0.15) is 11.1 Å². The molecule has 0 bridgehead atoms. The molecule has 224 valence electrons. The quantitative estimate of drug-likeness (QED) is 0.366. The van der Waals surface area contributed by atoms with Crippen LogP contribution in [-0.2, 0) is 14.0 Å². The highest BCUT2D eigenvalue weighted by molar-refractivity contribution is 6.99. The van der Waals surface area contributed by atoms with Crippen molar-refractivity contribution >= 4 is 30.6 Å². The number of nitriles is 1. The van der Waals surface area contributed by atoms with E-state index >= 15 is 0 Å². The highest BCUT2D eigenvalue weighted by Crippen LogP contribution is 2.48. The Bertz CT molecular complexity index is 1310. The molecule has 1 amide bonds. The van der Waals surface area contributed by atoms with E-state index in [1.165, 1.54) is 10.4 Å². The topological polar surface area (TPSA) is 79.6 Å². The van der Waals surface area contributed by atoms with Crippen molar-refractivity contribution in [1.29, 1.82) is 5.26 Å². The second-order valence-electron chi connectivity index (χ2n) is 14.4. The fourth-order valence-electron chi connectivity index (χ4n) is 6.72. The molecular formula is C35H46N2O4Si. The highest BCUT2D eigenvalue weighted by Gasteiger charge is 2.57. The minimum Gasteiger partial charge on any atom is -0.444 e. The van der Waals surface area contributed by atoms with Crippen LogP contribution in [-0.4, -0.2) is 48.9 Å². The summed E-state index contributed by atoms with van der Waals surface area (Å²) in [7, 11) is -2.92. The second-order valence-corrected chi connectivity index (χ2v) is 18.7. The molecule has 2 aromatic carbocycles. The normalized spacial score (nSPS) is 24.4. The van der Waals surface area contributed by atoms with Crippen LogP contribution in [0.2, 0.25) is 5.04 Å². The lowest BCUT2D eigenvalue weighted by Crippen LogP contribution is -2.69. The first-order chi connectivity index (χ1) is 19.6. The molecule has 2 aromatic rings. The molecule has 1 aliphatic carbocycles. The van der Waals surface area contributed by atoms with Gasteiger partial charge >= 0.3 is 6.09 Å². The SMILES string of the molecule is CC(C)(C)OC(=O)N1CCC[C@]1(C#N)C[C@@H]1C(=O)C=C[C@@H](O[Si](c2ccccc2)(c2ccccc2)C(C)(C)C)C1(C)C. The molecule has 1 saturated heterocycles. The van der Waals surface area contributed by atoms with Crippen molar-refractivity contribution in [2.75, 3.05) is 6.54 Å². The minimum atomic E-state index is -2.92. The fraction of sp³-hybridized carbons (Fsp3) is 0.514. The summed E-state index contributed by atoms with van der Waals surface area (Å²) in [5, 5.41) is 12.6. The van der Waals surface area contributed by atoms with Crippen molar-refractivity contribution in [3.63, 3.8) is 0 Å². The van der Waals surface area contributed by atoms with E-state index in [1.54, 1.807) is 11.0 Å². The lowest BCUT2D eigenvalue weighted by Gasteiger charge is -2.51. The number of ketones is 1. The Balaban J connectivity index is 1.76. The van der Waals surface area contributed by atoms with Crippen LogP contribution in [0.25, 0.3) is 0 Å². The average Bonchev–Trinajstić information content (AvgIpc) is 3.34. The molecule has 1 heterocycles. The Kier molecular flexibility index (Phi) is 8.66. The van der Waals surface area contributed by atoms with Gasteiger partial charge in [0.05, 0.1) is 12.2 Å². The van der Waals surface area contributed by atoms with Crippen LogP contribution in [0.3, 0.4) is 0 Å². The van der Waals surface area contributed by atoms with E-state index in [0.29, 0.717) is 19.4 Å². The number of likely N-dealkylation sites (tertiary alicyclic amines) is 1. The summed E-state index contributed by atoms with van der Waals surface area (Å²) in [5.74, 6) is -0.554. The summed E-state index contributed by atoms with van der Waals surface area (Å²) >= 11 is 0. The summed E-state index contributed by atoms with van der Waals surface area (Å²) in [6, 6.07) is 23.4. The Labute approximate surface area is 252 Å². The van der Waals surface area contributed by atoms with E-state index < -0.39 is 43.0 Å². The van der Waals surface area contributed by atoms with E-state index in [9.17, 15) is 14.9 Å². The standard InChI is InChI=1S/C35H46N2O4Si/c1-32(2,3)40-31(39)37-23-15-22-35(37,25-36)24-28-29(38)20-21-30(34(28,7)8)41-42(33(4,5)6,26-16-11-9-12-17-26)27-18-13-10-14-19-27/h9-14,16-21,28,30H,15,22-24H2,1-8H3/t28-,30-,35-/m1/s1. The number of carbonyl (C=O) groups excluding carboxylic acids is 2. The highest BCUT2D eigenvalue weighted by atomic mass is 28.4. The molecular weight excluding hydrogens is 540 g/mol. The molecule has 0 saturated carbocycles. The van der Waals surface area contributed by atoms with Gasteiger partial charge < -0.3 is 9.16 Å². The smallest absolute Gasteiger partial charge is 0.411 e. The zero-order valence-electron chi connectivity index (χ0n) is 26.4. The van der Waals surface area contributed by atoms with Crippen molar-refractivity contribution in [2.45, 2.75) is 96.9 Å². The van der Waals surface area contributed by atoms with E-state index in [0.717, 1.165) is 0 Å². The zero-order chi connectivity index (χ0) is 31.0. The number of nitrogens with zero attached hydrogens (tertiary/aromatic N) is 2. The van der Waals surface area contributed by atoms with Crippen LogP contribution in [0.15, 0.2) is 72.8 Å². The molecule has 3 atom stereocenters. The third-order valence-corrected chi connectivity index (χ3v) is 14.0. The number of hydrogen-bond donors (Lipinski definition) is 0. The van der Waals surface area contributed by atoms with Crippen molar-refractivity contribution in [2.24, 2.45) is 11.3 Å². The molecule has 4 rings (SSSR count). The van der Waals surface area contributed by atoms with E-state index in [1.807, 2.05) is 39.0 Å². The summed E-state index contributed by atoms with van der Waals surface area (Å²) in [6.45, 7) is 16.7. The predicted molar refractivity (Wildman–Crippen MR) is 169 cm³/mol. The Morgan fingerprint density at radius 3 is 2.02 bits per heavy atom. The molecule has 0 radical (unpaired) electrons. The molecule has 42 heavy (non-hydrogen) atoms. The molecule has 7 heteroatoms. The van der Waals surface area contributed by atoms with Crippen LogP contribution < -0.4 is 10.4 Å². The number of carbonyl (C=O) groups is 2. The van der Waals surface area contributed by atoms with E-state index in [2.05, 4.69) is 89.2 Å². The van der Waals surface area contributed by atoms with Crippen molar-refractivity contribution in [3.05, 3.63) is 72.8 Å². The van der Waals surface area contributed by atoms with Crippen molar-refractivity contribution in [3.8, 4) is 6.07 Å². The van der Waals surface area contributed by atoms with Gasteiger partial charge in [0.25, 0.3) is 8.32 Å². The van der Waals surface area contributed by atoms with E-state index in [-0.39, 0.29) is 17.2 Å².